The average molecular weight is 314 g/mol. The van der Waals surface area contributed by atoms with E-state index in [2.05, 4.69) is 41.2 Å². The molecule has 0 radical (unpaired) electrons. The molecule has 1 heterocycles. The van der Waals surface area contributed by atoms with Crippen LogP contribution < -0.4 is 10.1 Å². The molecule has 0 spiro atoms. The zero-order valence-corrected chi connectivity index (χ0v) is 12.7. The maximum Gasteiger partial charge on any atom is 0.122 e. The smallest absolute Gasteiger partial charge is 0.122 e. The van der Waals surface area contributed by atoms with Gasteiger partial charge in [-0.2, -0.15) is 0 Å². The highest BCUT2D eigenvalue weighted by molar-refractivity contribution is 9.10. The zero-order chi connectivity index (χ0) is 13.2. The van der Waals surface area contributed by atoms with Crippen molar-refractivity contribution in [2.75, 3.05) is 19.0 Å². The molecule has 0 aliphatic carbocycles. The summed E-state index contributed by atoms with van der Waals surface area (Å²) < 4.78 is 12.0. The van der Waals surface area contributed by atoms with E-state index in [1.165, 1.54) is 0 Å². The van der Waals surface area contributed by atoms with Gasteiger partial charge in [0.1, 0.15) is 5.75 Å². The van der Waals surface area contributed by atoms with Gasteiger partial charge in [-0.25, -0.2) is 0 Å². The summed E-state index contributed by atoms with van der Waals surface area (Å²) in [7, 11) is 1.68. The predicted molar refractivity (Wildman–Crippen MR) is 77.4 cm³/mol. The third kappa shape index (κ3) is 3.62. The molecule has 3 nitrogen and oxygen atoms in total. The van der Waals surface area contributed by atoms with Crippen molar-refractivity contribution in [3.05, 3.63) is 22.7 Å². The van der Waals surface area contributed by atoms with E-state index in [4.69, 9.17) is 9.47 Å². The number of benzene rings is 1. The molecule has 100 valence electrons. The quantitative estimate of drug-likeness (QED) is 0.920. The molecule has 2 rings (SSSR count). The molecule has 1 aromatic carbocycles. The van der Waals surface area contributed by atoms with Crippen LogP contribution in [0.15, 0.2) is 22.7 Å². The van der Waals surface area contributed by atoms with Crippen molar-refractivity contribution in [3.8, 4) is 5.75 Å². The zero-order valence-electron chi connectivity index (χ0n) is 11.1. The van der Waals surface area contributed by atoms with E-state index < -0.39 is 0 Å². The summed E-state index contributed by atoms with van der Waals surface area (Å²) in [5.41, 5.74) is 1.05. The fourth-order valence-electron chi connectivity index (χ4n) is 2.35. The molecule has 18 heavy (non-hydrogen) atoms. The van der Waals surface area contributed by atoms with Gasteiger partial charge in [-0.1, -0.05) is 15.9 Å². The largest absolute Gasteiger partial charge is 0.497 e. The minimum Gasteiger partial charge on any atom is -0.497 e. The standard InChI is InChI=1S/C14H20BrNO2/c1-14(2)9-11(4-5-18-14)16-12-6-10(15)7-13(8-12)17-3/h6-8,11,16H,4-5,9H2,1-3H3. The van der Waals surface area contributed by atoms with E-state index in [1.807, 2.05) is 12.1 Å². The lowest BCUT2D eigenvalue weighted by Crippen LogP contribution is -2.40. The van der Waals surface area contributed by atoms with Crippen LogP contribution in [0.4, 0.5) is 5.69 Å². The lowest BCUT2D eigenvalue weighted by molar-refractivity contribution is -0.0553. The van der Waals surface area contributed by atoms with Gasteiger partial charge in [0.2, 0.25) is 0 Å². The van der Waals surface area contributed by atoms with Gasteiger partial charge < -0.3 is 14.8 Å². The molecule has 1 saturated heterocycles. The summed E-state index contributed by atoms with van der Waals surface area (Å²) in [4.78, 5) is 0. The van der Waals surface area contributed by atoms with E-state index in [0.717, 1.165) is 35.4 Å². The normalized spacial score (nSPS) is 22.6. The van der Waals surface area contributed by atoms with Crippen molar-refractivity contribution in [2.45, 2.75) is 38.3 Å². The minimum atomic E-state index is -0.0357. The first kappa shape index (κ1) is 13.7. The maximum absolute atomic E-state index is 5.73. The summed E-state index contributed by atoms with van der Waals surface area (Å²) in [6, 6.07) is 6.50. The third-order valence-electron chi connectivity index (χ3n) is 3.17. The van der Waals surface area contributed by atoms with Crippen LogP contribution in [0, 0.1) is 0 Å². The van der Waals surface area contributed by atoms with Crippen molar-refractivity contribution in [2.24, 2.45) is 0 Å². The van der Waals surface area contributed by atoms with E-state index in [1.54, 1.807) is 7.11 Å². The summed E-state index contributed by atoms with van der Waals surface area (Å²) >= 11 is 3.50. The Balaban J connectivity index is 2.07. The second-order valence-corrected chi connectivity index (χ2v) is 6.24. The van der Waals surface area contributed by atoms with Crippen molar-refractivity contribution in [1.29, 1.82) is 0 Å². The van der Waals surface area contributed by atoms with Gasteiger partial charge in [0.05, 0.1) is 12.7 Å². The number of halogens is 1. The van der Waals surface area contributed by atoms with Crippen molar-refractivity contribution >= 4 is 21.6 Å². The summed E-state index contributed by atoms with van der Waals surface area (Å²) in [6.07, 6.45) is 2.06. The first-order valence-corrected chi connectivity index (χ1v) is 7.03. The number of rotatable bonds is 3. The molecule has 0 amide bonds. The number of anilines is 1. The molecule has 1 aromatic rings. The third-order valence-corrected chi connectivity index (χ3v) is 3.63. The molecule has 1 aliphatic heterocycles. The summed E-state index contributed by atoms with van der Waals surface area (Å²) in [5, 5.41) is 3.56. The predicted octanol–water partition coefficient (Wildman–Crippen LogP) is 3.83. The van der Waals surface area contributed by atoms with Gasteiger partial charge in [0.15, 0.2) is 0 Å². The minimum absolute atomic E-state index is 0.0357. The van der Waals surface area contributed by atoms with Crippen LogP contribution in [-0.2, 0) is 4.74 Å². The fraction of sp³-hybridized carbons (Fsp3) is 0.571. The molecule has 4 heteroatoms. The van der Waals surface area contributed by atoms with Crippen LogP contribution in [0.5, 0.6) is 5.75 Å². The number of hydrogen-bond donors (Lipinski definition) is 1. The van der Waals surface area contributed by atoms with E-state index >= 15 is 0 Å². The highest BCUT2D eigenvalue weighted by Gasteiger charge is 2.28. The molecule has 1 atom stereocenters. The van der Waals surface area contributed by atoms with Crippen molar-refractivity contribution in [1.82, 2.24) is 0 Å². The second-order valence-electron chi connectivity index (χ2n) is 5.32. The lowest BCUT2D eigenvalue weighted by atomic mass is 9.94. The molecule has 0 aromatic heterocycles. The van der Waals surface area contributed by atoms with Crippen LogP contribution >= 0.6 is 15.9 Å². The second kappa shape index (κ2) is 5.49. The molecule has 0 bridgehead atoms. The molecular formula is C14H20BrNO2. The van der Waals surface area contributed by atoms with Gasteiger partial charge >= 0.3 is 0 Å². The highest BCUT2D eigenvalue weighted by atomic mass is 79.9. The molecular weight excluding hydrogens is 294 g/mol. The molecule has 1 aliphatic rings. The van der Waals surface area contributed by atoms with Gasteiger partial charge in [-0.15, -0.1) is 0 Å². The SMILES string of the molecule is COc1cc(Br)cc(NC2CCOC(C)(C)C2)c1. The topological polar surface area (TPSA) is 30.5 Å². The van der Waals surface area contributed by atoms with Crippen LogP contribution in [0.1, 0.15) is 26.7 Å². The summed E-state index contributed by atoms with van der Waals surface area (Å²) in [6.45, 7) is 5.10. The van der Waals surface area contributed by atoms with Crippen LogP contribution in [0.2, 0.25) is 0 Å². The van der Waals surface area contributed by atoms with Gasteiger partial charge in [-0.3, -0.25) is 0 Å². The van der Waals surface area contributed by atoms with Gasteiger partial charge in [-0.05, 0) is 38.8 Å². The molecule has 1 unspecified atom stereocenters. The van der Waals surface area contributed by atoms with Gasteiger partial charge in [0, 0.05) is 28.9 Å². The fourth-order valence-corrected chi connectivity index (χ4v) is 2.83. The molecule has 1 fully saturated rings. The number of ether oxygens (including phenoxy) is 2. The maximum atomic E-state index is 5.73. The Morgan fingerprint density at radius 2 is 2.17 bits per heavy atom. The molecule has 1 N–H and O–H groups in total. The van der Waals surface area contributed by atoms with E-state index in [-0.39, 0.29) is 5.60 Å². The molecule has 0 saturated carbocycles. The lowest BCUT2D eigenvalue weighted by Gasteiger charge is -2.36. The Morgan fingerprint density at radius 3 is 2.83 bits per heavy atom. The number of methoxy groups -OCH3 is 1. The summed E-state index contributed by atoms with van der Waals surface area (Å²) in [5.74, 6) is 0.859. The van der Waals surface area contributed by atoms with Gasteiger partial charge in [0.25, 0.3) is 0 Å². The Kier molecular flexibility index (Phi) is 4.17. The first-order chi connectivity index (χ1) is 8.48. The Bertz CT molecular complexity index is 420. The van der Waals surface area contributed by atoms with E-state index in [9.17, 15) is 0 Å². The highest BCUT2D eigenvalue weighted by Crippen LogP contribution is 2.29. The van der Waals surface area contributed by atoms with Crippen LogP contribution in [0.3, 0.4) is 0 Å². The Hall–Kier alpha value is -0.740. The van der Waals surface area contributed by atoms with Crippen LogP contribution in [-0.4, -0.2) is 25.4 Å². The number of hydrogen-bond acceptors (Lipinski definition) is 3. The van der Waals surface area contributed by atoms with Crippen LogP contribution in [0.25, 0.3) is 0 Å². The Morgan fingerprint density at radius 1 is 1.39 bits per heavy atom. The average Bonchev–Trinajstić information content (AvgIpc) is 2.26. The van der Waals surface area contributed by atoms with Crippen molar-refractivity contribution in [3.63, 3.8) is 0 Å². The number of nitrogens with one attached hydrogen (secondary N) is 1. The Labute approximate surface area is 117 Å². The monoisotopic (exact) mass is 313 g/mol. The van der Waals surface area contributed by atoms with E-state index in [0.29, 0.717) is 6.04 Å². The first-order valence-electron chi connectivity index (χ1n) is 6.23. The van der Waals surface area contributed by atoms with Crippen molar-refractivity contribution < 1.29 is 9.47 Å².